The summed E-state index contributed by atoms with van der Waals surface area (Å²) >= 11 is 3.20. The number of halogens is 3. The maximum absolute atomic E-state index is 13.0. The highest BCUT2D eigenvalue weighted by molar-refractivity contribution is 9.08. The van der Waals surface area contributed by atoms with Crippen LogP contribution in [0.15, 0.2) is 24.3 Å². The lowest BCUT2D eigenvalue weighted by molar-refractivity contribution is 0.0594. The lowest BCUT2D eigenvalue weighted by atomic mass is 10.1. The van der Waals surface area contributed by atoms with Crippen LogP contribution in [0.3, 0.4) is 0 Å². The molecule has 16 heavy (non-hydrogen) atoms. The molecule has 1 aromatic carbocycles. The summed E-state index contributed by atoms with van der Waals surface area (Å²) in [5.41, 5.74) is -2.91. The maximum atomic E-state index is 13.0. The first-order valence-electron chi connectivity index (χ1n) is 4.33. The molecule has 0 saturated carbocycles. The van der Waals surface area contributed by atoms with E-state index in [-0.39, 0.29) is 5.56 Å². The first-order chi connectivity index (χ1) is 7.26. The standard InChI is InChI=1S/C9H10BrF2O3P/c10-6-8-3-1-7(2-4-8)5-9(11,12)16(13,14)15/h1-4H,5-6H2,(H2,13,14,15). The molecule has 3 nitrogen and oxygen atoms in total. The Kier molecular flexibility index (Phi) is 4.23. The second-order valence-electron chi connectivity index (χ2n) is 3.34. The zero-order chi connectivity index (χ0) is 12.4. The van der Waals surface area contributed by atoms with Crippen LogP contribution in [0.2, 0.25) is 0 Å². The Balaban J connectivity index is 2.84. The molecule has 0 spiro atoms. The molecule has 0 bridgehead atoms. The van der Waals surface area contributed by atoms with Gasteiger partial charge in [0.15, 0.2) is 0 Å². The van der Waals surface area contributed by atoms with Gasteiger partial charge in [-0.2, -0.15) is 8.78 Å². The van der Waals surface area contributed by atoms with E-state index in [1.165, 1.54) is 12.1 Å². The largest absolute Gasteiger partial charge is 0.394 e. The monoisotopic (exact) mass is 314 g/mol. The molecule has 0 saturated heterocycles. The lowest BCUT2D eigenvalue weighted by Gasteiger charge is -2.17. The van der Waals surface area contributed by atoms with E-state index in [2.05, 4.69) is 15.9 Å². The van der Waals surface area contributed by atoms with Gasteiger partial charge in [0.25, 0.3) is 0 Å². The fourth-order valence-electron chi connectivity index (χ4n) is 1.09. The summed E-state index contributed by atoms with van der Waals surface area (Å²) in [6.07, 6.45) is -0.958. The van der Waals surface area contributed by atoms with Crippen LogP contribution >= 0.6 is 23.5 Å². The van der Waals surface area contributed by atoms with Gasteiger partial charge >= 0.3 is 13.3 Å². The van der Waals surface area contributed by atoms with Crippen LogP contribution < -0.4 is 0 Å². The molecule has 0 heterocycles. The normalized spacial score (nSPS) is 12.8. The third kappa shape index (κ3) is 3.35. The Hall–Kier alpha value is -0.290. The average molecular weight is 315 g/mol. The molecule has 7 heteroatoms. The number of hydrogen-bond donors (Lipinski definition) is 2. The van der Waals surface area contributed by atoms with Crippen molar-refractivity contribution in [2.45, 2.75) is 17.4 Å². The quantitative estimate of drug-likeness (QED) is 0.663. The van der Waals surface area contributed by atoms with Crippen LogP contribution in [0.25, 0.3) is 0 Å². The van der Waals surface area contributed by atoms with Crippen LogP contribution in [-0.2, 0) is 16.3 Å². The van der Waals surface area contributed by atoms with Gasteiger partial charge in [-0.15, -0.1) is 0 Å². The van der Waals surface area contributed by atoms with E-state index in [1.807, 2.05) is 0 Å². The molecule has 0 aliphatic carbocycles. The van der Waals surface area contributed by atoms with Crippen molar-refractivity contribution < 1.29 is 23.1 Å². The van der Waals surface area contributed by atoms with Gasteiger partial charge in [0.1, 0.15) is 0 Å². The van der Waals surface area contributed by atoms with Crippen LogP contribution in [0.4, 0.5) is 8.78 Å². The molecule has 0 radical (unpaired) electrons. The van der Waals surface area contributed by atoms with Crippen molar-refractivity contribution in [3.63, 3.8) is 0 Å². The molecule has 0 atom stereocenters. The second kappa shape index (κ2) is 4.92. The molecular weight excluding hydrogens is 305 g/mol. The van der Waals surface area contributed by atoms with Crippen LogP contribution in [0.5, 0.6) is 0 Å². The minimum atomic E-state index is -5.40. The zero-order valence-electron chi connectivity index (χ0n) is 8.11. The first-order valence-corrected chi connectivity index (χ1v) is 7.07. The highest BCUT2D eigenvalue weighted by atomic mass is 79.9. The van der Waals surface area contributed by atoms with Crippen molar-refractivity contribution in [1.82, 2.24) is 0 Å². The summed E-state index contributed by atoms with van der Waals surface area (Å²) < 4.78 is 36.6. The van der Waals surface area contributed by atoms with Crippen LogP contribution in [0, 0.1) is 0 Å². The van der Waals surface area contributed by atoms with E-state index >= 15 is 0 Å². The summed E-state index contributed by atoms with van der Waals surface area (Å²) in [5.74, 6) is 0. The van der Waals surface area contributed by atoms with Gasteiger partial charge in [-0.3, -0.25) is 4.57 Å². The fourth-order valence-corrected chi connectivity index (χ4v) is 1.86. The Bertz CT molecular complexity index is 402. The predicted molar refractivity (Wildman–Crippen MR) is 59.8 cm³/mol. The van der Waals surface area contributed by atoms with Gasteiger partial charge in [-0.05, 0) is 11.1 Å². The van der Waals surface area contributed by atoms with Crippen molar-refractivity contribution >= 4 is 23.5 Å². The average Bonchev–Trinajstić information content (AvgIpc) is 2.16. The van der Waals surface area contributed by atoms with E-state index in [0.717, 1.165) is 5.56 Å². The summed E-state index contributed by atoms with van der Waals surface area (Å²) in [4.78, 5) is 16.9. The van der Waals surface area contributed by atoms with Gasteiger partial charge in [0.05, 0.1) is 0 Å². The SMILES string of the molecule is O=P(O)(O)C(F)(F)Cc1ccc(CBr)cc1. The smallest absolute Gasteiger partial charge is 0.320 e. The molecule has 0 aliphatic heterocycles. The topological polar surface area (TPSA) is 57.5 Å². The summed E-state index contributed by atoms with van der Waals surface area (Å²) in [6.45, 7) is 0. The van der Waals surface area contributed by atoms with E-state index in [0.29, 0.717) is 5.33 Å². The number of rotatable bonds is 4. The van der Waals surface area contributed by atoms with Gasteiger partial charge in [0.2, 0.25) is 0 Å². The highest BCUT2D eigenvalue weighted by Gasteiger charge is 2.48. The minimum absolute atomic E-state index is 0.193. The molecular formula is C9H10BrF2O3P. The van der Waals surface area contributed by atoms with Gasteiger partial charge in [-0.1, -0.05) is 40.2 Å². The van der Waals surface area contributed by atoms with Crippen LogP contribution in [0.1, 0.15) is 11.1 Å². The van der Waals surface area contributed by atoms with Gasteiger partial charge in [0, 0.05) is 11.8 Å². The van der Waals surface area contributed by atoms with Crippen molar-refractivity contribution in [2.75, 3.05) is 0 Å². The number of alkyl halides is 3. The number of benzene rings is 1. The third-order valence-corrected chi connectivity index (χ3v) is 3.68. The highest BCUT2D eigenvalue weighted by Crippen LogP contribution is 2.54. The molecule has 0 aliphatic rings. The zero-order valence-corrected chi connectivity index (χ0v) is 10.6. The Morgan fingerprint density at radius 1 is 1.19 bits per heavy atom. The van der Waals surface area contributed by atoms with Crippen molar-refractivity contribution in [3.05, 3.63) is 35.4 Å². The van der Waals surface area contributed by atoms with Gasteiger partial charge in [-0.25, -0.2) is 0 Å². The van der Waals surface area contributed by atoms with E-state index in [1.54, 1.807) is 12.1 Å². The van der Waals surface area contributed by atoms with E-state index in [9.17, 15) is 13.3 Å². The summed E-state index contributed by atoms with van der Waals surface area (Å²) in [7, 11) is -5.40. The molecule has 0 fully saturated rings. The first kappa shape index (κ1) is 13.8. The van der Waals surface area contributed by atoms with Crippen molar-refractivity contribution in [2.24, 2.45) is 0 Å². The Labute approximate surface area is 99.8 Å². The Morgan fingerprint density at radius 3 is 2.00 bits per heavy atom. The lowest BCUT2D eigenvalue weighted by Crippen LogP contribution is -2.19. The third-order valence-electron chi connectivity index (χ3n) is 2.02. The van der Waals surface area contributed by atoms with E-state index < -0.39 is 19.7 Å². The van der Waals surface area contributed by atoms with Gasteiger partial charge < -0.3 is 9.79 Å². The molecule has 90 valence electrons. The molecule has 1 rings (SSSR count). The van der Waals surface area contributed by atoms with Crippen LogP contribution in [-0.4, -0.2) is 15.5 Å². The maximum Gasteiger partial charge on any atom is 0.394 e. The van der Waals surface area contributed by atoms with E-state index in [4.69, 9.17) is 9.79 Å². The minimum Gasteiger partial charge on any atom is -0.320 e. The Morgan fingerprint density at radius 2 is 1.62 bits per heavy atom. The molecule has 1 aromatic rings. The second-order valence-corrected chi connectivity index (χ2v) is 5.64. The predicted octanol–water partition coefficient (Wildman–Crippen LogP) is 2.89. The fraction of sp³-hybridized carbons (Fsp3) is 0.333. The summed E-state index contributed by atoms with van der Waals surface area (Å²) in [6, 6.07) is 6.11. The number of hydrogen-bond acceptors (Lipinski definition) is 1. The van der Waals surface area contributed by atoms with Crippen molar-refractivity contribution in [1.29, 1.82) is 0 Å². The molecule has 0 unspecified atom stereocenters. The molecule has 0 amide bonds. The molecule has 2 N–H and O–H groups in total. The summed E-state index contributed by atoms with van der Waals surface area (Å²) in [5, 5.41) is 0.599. The molecule has 0 aromatic heterocycles. The van der Waals surface area contributed by atoms with Crippen molar-refractivity contribution in [3.8, 4) is 0 Å².